The average molecular weight is 525 g/mol. The number of likely N-dealkylation sites (tertiary alicyclic amines) is 1. The lowest BCUT2D eigenvalue weighted by molar-refractivity contribution is -0.119. The van der Waals surface area contributed by atoms with Crippen LogP contribution < -0.4 is 16.0 Å². The number of carbonyl (C=O) groups is 1. The summed E-state index contributed by atoms with van der Waals surface area (Å²) in [6.45, 7) is 6.12. The van der Waals surface area contributed by atoms with Gasteiger partial charge in [-0.2, -0.15) is 0 Å². The Bertz CT molecular complexity index is 767. The van der Waals surface area contributed by atoms with Gasteiger partial charge in [-0.15, -0.1) is 24.0 Å². The Labute approximate surface area is 195 Å². The molecule has 1 fully saturated rings. The summed E-state index contributed by atoms with van der Waals surface area (Å²) in [5.41, 5.74) is 1.34. The van der Waals surface area contributed by atoms with Crippen LogP contribution in [0.5, 0.6) is 0 Å². The third-order valence-corrected chi connectivity index (χ3v) is 5.00. The van der Waals surface area contributed by atoms with Crippen molar-refractivity contribution in [1.82, 2.24) is 20.9 Å². The Kier molecular flexibility index (Phi) is 10.7. The van der Waals surface area contributed by atoms with Crippen molar-refractivity contribution in [3.8, 4) is 0 Å². The van der Waals surface area contributed by atoms with Gasteiger partial charge in [-0.05, 0) is 44.0 Å². The Morgan fingerprint density at radius 1 is 1.17 bits per heavy atom. The molecule has 1 aromatic heterocycles. The highest BCUT2D eigenvalue weighted by Crippen LogP contribution is 2.19. The minimum Gasteiger partial charge on any atom is -0.467 e. The molecule has 0 radical (unpaired) electrons. The maximum absolute atomic E-state index is 12.0. The molecule has 2 aromatic rings. The Morgan fingerprint density at radius 2 is 2.00 bits per heavy atom. The summed E-state index contributed by atoms with van der Waals surface area (Å²) < 4.78 is 5.22. The highest BCUT2D eigenvalue weighted by atomic mass is 127. The number of benzene rings is 1. The first kappa shape index (κ1) is 24.2. The molecule has 1 saturated heterocycles. The fraction of sp³-hybridized carbons (Fsp3) is 0.455. The highest BCUT2D eigenvalue weighted by molar-refractivity contribution is 14.0. The third kappa shape index (κ3) is 7.98. The van der Waals surface area contributed by atoms with Gasteiger partial charge >= 0.3 is 0 Å². The number of carbonyl (C=O) groups excluding carboxylic acids is 1. The first-order valence-electron chi connectivity index (χ1n) is 10.3. The van der Waals surface area contributed by atoms with Crippen LogP contribution in [0.2, 0.25) is 0 Å². The molecule has 3 rings (SSSR count). The molecule has 7 nitrogen and oxygen atoms in total. The predicted molar refractivity (Wildman–Crippen MR) is 130 cm³/mol. The summed E-state index contributed by atoms with van der Waals surface area (Å²) in [4.78, 5) is 19.0. The van der Waals surface area contributed by atoms with E-state index in [-0.39, 0.29) is 36.4 Å². The second-order valence-electron chi connectivity index (χ2n) is 7.18. The molecule has 1 aliphatic rings. The van der Waals surface area contributed by atoms with Gasteiger partial charge in [0, 0.05) is 25.7 Å². The molecule has 164 valence electrons. The van der Waals surface area contributed by atoms with E-state index in [1.807, 2.05) is 13.0 Å². The number of guanidine groups is 1. The summed E-state index contributed by atoms with van der Waals surface area (Å²) in [6.07, 6.45) is 3.97. The number of furan rings is 1. The lowest BCUT2D eigenvalue weighted by Crippen LogP contribution is -2.45. The van der Waals surface area contributed by atoms with Crippen LogP contribution >= 0.6 is 24.0 Å². The van der Waals surface area contributed by atoms with Gasteiger partial charge in [0.2, 0.25) is 5.91 Å². The molecule has 8 heteroatoms. The molecule has 1 aromatic carbocycles. The van der Waals surface area contributed by atoms with Crippen molar-refractivity contribution in [3.63, 3.8) is 0 Å². The zero-order valence-corrected chi connectivity index (χ0v) is 19.8. The van der Waals surface area contributed by atoms with Gasteiger partial charge in [0.05, 0.1) is 12.8 Å². The van der Waals surface area contributed by atoms with Crippen molar-refractivity contribution in [2.24, 2.45) is 4.99 Å². The first-order chi connectivity index (χ1) is 14.2. The van der Waals surface area contributed by atoms with E-state index in [9.17, 15) is 4.79 Å². The second-order valence-corrected chi connectivity index (χ2v) is 7.18. The van der Waals surface area contributed by atoms with Crippen LogP contribution in [0.3, 0.4) is 0 Å². The van der Waals surface area contributed by atoms with Crippen molar-refractivity contribution in [3.05, 3.63) is 60.1 Å². The van der Waals surface area contributed by atoms with Crippen molar-refractivity contribution in [2.75, 3.05) is 26.2 Å². The summed E-state index contributed by atoms with van der Waals surface area (Å²) in [5, 5.41) is 9.43. The van der Waals surface area contributed by atoms with E-state index in [0.717, 1.165) is 31.9 Å². The zero-order chi connectivity index (χ0) is 20.3. The minimum atomic E-state index is -0.134. The van der Waals surface area contributed by atoms with Crippen LogP contribution in [0.15, 0.2) is 58.1 Å². The first-order valence-corrected chi connectivity index (χ1v) is 10.3. The summed E-state index contributed by atoms with van der Waals surface area (Å²) in [6, 6.07) is 14.7. The lowest BCUT2D eigenvalue weighted by Gasteiger charge is -2.25. The molecule has 0 aliphatic carbocycles. The average Bonchev–Trinajstić information content (AvgIpc) is 3.41. The molecule has 0 bridgehead atoms. The van der Waals surface area contributed by atoms with E-state index in [0.29, 0.717) is 18.5 Å². The van der Waals surface area contributed by atoms with Gasteiger partial charge in [-0.3, -0.25) is 9.69 Å². The lowest BCUT2D eigenvalue weighted by atomic mass is 10.2. The number of hydrogen-bond donors (Lipinski definition) is 3. The summed E-state index contributed by atoms with van der Waals surface area (Å²) in [7, 11) is 0. The number of amides is 1. The predicted octanol–water partition coefficient (Wildman–Crippen LogP) is 2.73. The molecular weight excluding hydrogens is 493 g/mol. The summed E-state index contributed by atoms with van der Waals surface area (Å²) >= 11 is 0. The van der Waals surface area contributed by atoms with Gasteiger partial charge in [-0.25, -0.2) is 4.99 Å². The highest BCUT2D eigenvalue weighted by Gasteiger charge is 2.24. The van der Waals surface area contributed by atoms with Crippen molar-refractivity contribution >= 4 is 35.8 Å². The van der Waals surface area contributed by atoms with Crippen LogP contribution in [-0.2, 0) is 17.9 Å². The van der Waals surface area contributed by atoms with Gasteiger partial charge in [0.15, 0.2) is 5.96 Å². The van der Waals surface area contributed by atoms with Crippen LogP contribution in [0, 0.1) is 0 Å². The standard InChI is InChI=1S/C22H31N5O2.HI/c1-2-23-22(26-16-21(28)24-15-20-11-7-13-29-20)25-14-19-10-6-12-27(19)17-18-8-4-3-5-9-18;/h3-5,7-9,11,13,19H,2,6,10,12,14-17H2,1H3,(H,24,28)(H2,23,25,26);1H. The van der Waals surface area contributed by atoms with Crippen LogP contribution in [0.1, 0.15) is 31.1 Å². The molecule has 0 spiro atoms. The molecule has 1 aliphatic heterocycles. The minimum absolute atomic E-state index is 0. The summed E-state index contributed by atoms with van der Waals surface area (Å²) in [5.74, 6) is 1.27. The molecule has 3 N–H and O–H groups in total. The third-order valence-electron chi connectivity index (χ3n) is 5.00. The van der Waals surface area contributed by atoms with E-state index in [4.69, 9.17) is 4.42 Å². The van der Waals surface area contributed by atoms with Gasteiger partial charge in [0.1, 0.15) is 12.3 Å². The van der Waals surface area contributed by atoms with Crippen LogP contribution in [0.4, 0.5) is 0 Å². The second kappa shape index (κ2) is 13.3. The number of aliphatic imine (C=N–C) groups is 1. The zero-order valence-electron chi connectivity index (χ0n) is 17.5. The molecule has 30 heavy (non-hydrogen) atoms. The van der Waals surface area contributed by atoms with E-state index in [1.165, 1.54) is 18.4 Å². The van der Waals surface area contributed by atoms with Gasteiger partial charge in [-0.1, -0.05) is 30.3 Å². The van der Waals surface area contributed by atoms with E-state index >= 15 is 0 Å². The molecule has 1 atom stereocenters. The maximum Gasteiger partial charge on any atom is 0.242 e. The fourth-order valence-electron chi connectivity index (χ4n) is 3.51. The normalized spacial score (nSPS) is 16.7. The van der Waals surface area contributed by atoms with E-state index in [2.05, 4.69) is 56.2 Å². The van der Waals surface area contributed by atoms with Crippen molar-refractivity contribution in [1.29, 1.82) is 0 Å². The molecule has 0 saturated carbocycles. The number of hydrogen-bond acceptors (Lipinski definition) is 4. The van der Waals surface area contributed by atoms with E-state index in [1.54, 1.807) is 12.3 Å². The SMILES string of the molecule is CCNC(=NCC(=O)NCc1ccco1)NCC1CCCN1Cc1ccccc1.I. The molecule has 1 unspecified atom stereocenters. The van der Waals surface area contributed by atoms with Crippen LogP contribution in [-0.4, -0.2) is 49.0 Å². The number of rotatable bonds is 9. The maximum atomic E-state index is 12.0. The number of halogens is 1. The Hall–Kier alpha value is -2.07. The largest absolute Gasteiger partial charge is 0.467 e. The molecule has 1 amide bonds. The Balaban J connectivity index is 0.00000320. The van der Waals surface area contributed by atoms with Crippen molar-refractivity contribution < 1.29 is 9.21 Å². The fourth-order valence-corrected chi connectivity index (χ4v) is 3.51. The molecule has 2 heterocycles. The smallest absolute Gasteiger partial charge is 0.242 e. The van der Waals surface area contributed by atoms with E-state index < -0.39 is 0 Å². The number of nitrogens with one attached hydrogen (secondary N) is 3. The van der Waals surface area contributed by atoms with Gasteiger partial charge < -0.3 is 20.4 Å². The topological polar surface area (TPSA) is 81.9 Å². The Morgan fingerprint density at radius 3 is 2.73 bits per heavy atom. The van der Waals surface area contributed by atoms with Crippen molar-refractivity contribution in [2.45, 2.75) is 38.9 Å². The number of nitrogens with zero attached hydrogens (tertiary/aromatic N) is 2. The monoisotopic (exact) mass is 525 g/mol. The molecular formula is C22H32IN5O2. The van der Waals surface area contributed by atoms with Gasteiger partial charge in [0.25, 0.3) is 0 Å². The quantitative estimate of drug-likeness (QED) is 0.267. The van der Waals surface area contributed by atoms with Crippen LogP contribution in [0.25, 0.3) is 0 Å².